The highest BCUT2D eigenvalue weighted by atomic mass is 19.1. The standard InChI is InChI=1S/C14H15FN4O2/c1-21-5-4-19-8-10(7-16-19)17-13-11-6-9(15)2-3-12(11)18-14(13)20/h2-3,6-8,13,17H,4-5H2,1H3,(H,18,20). The lowest BCUT2D eigenvalue weighted by molar-refractivity contribution is -0.116. The van der Waals surface area contributed by atoms with E-state index in [1.807, 2.05) is 0 Å². The van der Waals surface area contributed by atoms with E-state index in [0.29, 0.717) is 30.1 Å². The molecule has 0 saturated carbocycles. The molecule has 0 saturated heterocycles. The molecule has 2 N–H and O–H groups in total. The summed E-state index contributed by atoms with van der Waals surface area (Å²) in [5.74, 6) is -0.576. The van der Waals surface area contributed by atoms with E-state index in [0.717, 1.165) is 0 Å². The van der Waals surface area contributed by atoms with Gasteiger partial charge in [0.25, 0.3) is 5.91 Å². The van der Waals surface area contributed by atoms with Crippen molar-refractivity contribution < 1.29 is 13.9 Å². The van der Waals surface area contributed by atoms with Gasteiger partial charge in [-0.15, -0.1) is 0 Å². The Hall–Kier alpha value is -2.41. The van der Waals surface area contributed by atoms with Crippen molar-refractivity contribution in [2.24, 2.45) is 0 Å². The molecule has 110 valence electrons. The number of ether oxygens (including phenoxy) is 1. The van der Waals surface area contributed by atoms with Gasteiger partial charge < -0.3 is 15.4 Å². The molecular formula is C14H15FN4O2. The zero-order valence-electron chi connectivity index (χ0n) is 11.5. The number of rotatable bonds is 5. The van der Waals surface area contributed by atoms with Crippen molar-refractivity contribution in [2.75, 3.05) is 24.4 Å². The van der Waals surface area contributed by atoms with Crippen LogP contribution in [0.4, 0.5) is 15.8 Å². The van der Waals surface area contributed by atoms with Crippen LogP contribution in [0.5, 0.6) is 0 Å². The minimum absolute atomic E-state index is 0.208. The van der Waals surface area contributed by atoms with Crippen LogP contribution in [-0.4, -0.2) is 29.4 Å². The number of methoxy groups -OCH3 is 1. The topological polar surface area (TPSA) is 68.2 Å². The summed E-state index contributed by atoms with van der Waals surface area (Å²) in [6.45, 7) is 1.18. The minimum Gasteiger partial charge on any atom is -0.383 e. The Morgan fingerprint density at radius 1 is 1.52 bits per heavy atom. The molecule has 1 atom stereocenters. The molecule has 21 heavy (non-hydrogen) atoms. The summed E-state index contributed by atoms with van der Waals surface area (Å²) in [6, 6.07) is 3.63. The van der Waals surface area contributed by atoms with Crippen molar-refractivity contribution in [1.82, 2.24) is 9.78 Å². The molecule has 0 fully saturated rings. The summed E-state index contributed by atoms with van der Waals surface area (Å²) in [5.41, 5.74) is 1.93. The number of halogens is 1. The molecule has 1 aliphatic rings. The van der Waals surface area contributed by atoms with Gasteiger partial charge in [0, 0.05) is 24.6 Å². The highest BCUT2D eigenvalue weighted by Gasteiger charge is 2.31. The van der Waals surface area contributed by atoms with E-state index in [-0.39, 0.29) is 11.7 Å². The van der Waals surface area contributed by atoms with Crippen LogP contribution in [0.1, 0.15) is 11.6 Å². The smallest absolute Gasteiger partial charge is 0.251 e. The highest BCUT2D eigenvalue weighted by Crippen LogP contribution is 2.33. The molecule has 1 aromatic carbocycles. The fourth-order valence-corrected chi connectivity index (χ4v) is 2.29. The first-order chi connectivity index (χ1) is 10.2. The van der Waals surface area contributed by atoms with Gasteiger partial charge >= 0.3 is 0 Å². The fourth-order valence-electron chi connectivity index (χ4n) is 2.29. The van der Waals surface area contributed by atoms with Crippen LogP contribution in [0.25, 0.3) is 0 Å². The van der Waals surface area contributed by atoms with E-state index in [2.05, 4.69) is 15.7 Å². The number of nitrogens with zero attached hydrogens (tertiary/aromatic N) is 2. The van der Waals surface area contributed by atoms with Crippen LogP contribution >= 0.6 is 0 Å². The number of hydrogen-bond donors (Lipinski definition) is 2. The number of fused-ring (bicyclic) bond motifs is 1. The molecule has 0 aliphatic carbocycles. The largest absolute Gasteiger partial charge is 0.383 e. The maximum atomic E-state index is 13.3. The van der Waals surface area contributed by atoms with Crippen LogP contribution in [0, 0.1) is 5.82 Å². The maximum absolute atomic E-state index is 13.3. The molecular weight excluding hydrogens is 275 g/mol. The Kier molecular flexibility index (Phi) is 3.57. The Labute approximate surface area is 120 Å². The first-order valence-corrected chi connectivity index (χ1v) is 6.55. The monoisotopic (exact) mass is 290 g/mol. The Bertz CT molecular complexity index is 671. The quantitative estimate of drug-likeness (QED) is 0.880. The second kappa shape index (κ2) is 5.53. The molecule has 7 heteroatoms. The molecule has 1 unspecified atom stereocenters. The zero-order valence-corrected chi connectivity index (χ0v) is 11.5. The maximum Gasteiger partial charge on any atom is 0.251 e. The number of nitrogens with one attached hydrogen (secondary N) is 2. The van der Waals surface area contributed by atoms with Crippen molar-refractivity contribution in [1.29, 1.82) is 0 Å². The van der Waals surface area contributed by atoms with E-state index in [1.54, 1.807) is 30.3 Å². The first-order valence-electron chi connectivity index (χ1n) is 6.55. The third-order valence-corrected chi connectivity index (χ3v) is 3.31. The van der Waals surface area contributed by atoms with E-state index in [4.69, 9.17) is 4.74 Å². The molecule has 2 heterocycles. The van der Waals surface area contributed by atoms with Gasteiger partial charge in [0.15, 0.2) is 0 Å². The Balaban J connectivity index is 1.77. The summed E-state index contributed by atoms with van der Waals surface area (Å²) < 4.78 is 20.0. The van der Waals surface area contributed by atoms with Crippen molar-refractivity contribution in [2.45, 2.75) is 12.6 Å². The lowest BCUT2D eigenvalue weighted by atomic mass is 10.1. The third kappa shape index (κ3) is 2.73. The van der Waals surface area contributed by atoms with Gasteiger partial charge in [-0.3, -0.25) is 9.48 Å². The number of hydrogen-bond acceptors (Lipinski definition) is 4. The lowest BCUT2D eigenvalue weighted by Gasteiger charge is -2.10. The van der Waals surface area contributed by atoms with Crippen molar-refractivity contribution in [3.05, 3.63) is 42.0 Å². The highest BCUT2D eigenvalue weighted by molar-refractivity contribution is 6.04. The Morgan fingerprint density at radius 3 is 3.19 bits per heavy atom. The summed E-state index contributed by atoms with van der Waals surface area (Å²) in [7, 11) is 1.62. The molecule has 0 radical (unpaired) electrons. The van der Waals surface area contributed by atoms with Crippen LogP contribution in [0.15, 0.2) is 30.6 Å². The minimum atomic E-state index is -0.615. The second-order valence-electron chi connectivity index (χ2n) is 4.78. The van der Waals surface area contributed by atoms with Crippen LogP contribution in [-0.2, 0) is 16.1 Å². The van der Waals surface area contributed by atoms with Crippen molar-refractivity contribution in [3.63, 3.8) is 0 Å². The predicted octanol–water partition coefficient (Wildman–Crippen LogP) is 1.77. The van der Waals surface area contributed by atoms with Gasteiger partial charge in [-0.25, -0.2) is 4.39 Å². The molecule has 1 amide bonds. The summed E-state index contributed by atoms with van der Waals surface area (Å²) in [5, 5.41) is 9.95. The van der Waals surface area contributed by atoms with Gasteiger partial charge in [0.05, 0.1) is 25.0 Å². The van der Waals surface area contributed by atoms with Crippen molar-refractivity contribution >= 4 is 17.3 Å². The number of anilines is 2. The predicted molar refractivity (Wildman–Crippen MR) is 75.5 cm³/mol. The number of amides is 1. The molecule has 2 aromatic rings. The van der Waals surface area contributed by atoms with E-state index >= 15 is 0 Å². The molecule has 6 nitrogen and oxygen atoms in total. The Morgan fingerprint density at radius 2 is 2.38 bits per heavy atom. The van der Waals surface area contributed by atoms with E-state index in [1.165, 1.54) is 12.1 Å². The van der Waals surface area contributed by atoms with Gasteiger partial charge in [-0.2, -0.15) is 5.10 Å². The van der Waals surface area contributed by atoms with Crippen LogP contribution < -0.4 is 10.6 Å². The SMILES string of the molecule is COCCn1cc(NC2C(=O)Nc3ccc(F)cc32)cn1. The third-order valence-electron chi connectivity index (χ3n) is 3.31. The molecule has 1 aromatic heterocycles. The molecule has 0 spiro atoms. The van der Waals surface area contributed by atoms with Gasteiger partial charge in [-0.1, -0.05) is 0 Å². The van der Waals surface area contributed by atoms with E-state index < -0.39 is 6.04 Å². The van der Waals surface area contributed by atoms with Crippen molar-refractivity contribution in [3.8, 4) is 0 Å². The number of benzene rings is 1. The summed E-state index contributed by atoms with van der Waals surface area (Å²) in [4.78, 5) is 12.0. The second-order valence-corrected chi connectivity index (χ2v) is 4.78. The average molecular weight is 290 g/mol. The summed E-state index contributed by atoms with van der Waals surface area (Å²) >= 11 is 0. The average Bonchev–Trinajstić information content (AvgIpc) is 3.03. The number of carbonyl (C=O) groups is 1. The van der Waals surface area contributed by atoms with Gasteiger partial charge in [0.1, 0.15) is 11.9 Å². The van der Waals surface area contributed by atoms with Gasteiger partial charge in [0.2, 0.25) is 0 Å². The summed E-state index contributed by atoms with van der Waals surface area (Å²) in [6.07, 6.45) is 3.41. The normalized spacial score (nSPS) is 16.7. The zero-order chi connectivity index (χ0) is 14.8. The molecule has 1 aliphatic heterocycles. The van der Waals surface area contributed by atoms with Crippen LogP contribution in [0.3, 0.4) is 0 Å². The number of aromatic nitrogens is 2. The fraction of sp³-hybridized carbons (Fsp3) is 0.286. The van der Waals surface area contributed by atoms with Gasteiger partial charge in [-0.05, 0) is 18.2 Å². The first kappa shape index (κ1) is 13.6. The molecule has 0 bridgehead atoms. The molecule has 3 rings (SSSR count). The number of carbonyl (C=O) groups excluding carboxylic acids is 1. The van der Waals surface area contributed by atoms with E-state index in [9.17, 15) is 9.18 Å². The van der Waals surface area contributed by atoms with Crippen LogP contribution in [0.2, 0.25) is 0 Å². The lowest BCUT2D eigenvalue weighted by Crippen LogP contribution is -2.19.